The van der Waals surface area contributed by atoms with Gasteiger partial charge in [0.15, 0.2) is 0 Å². The average molecular weight is 355 g/mol. The molecule has 1 saturated heterocycles. The maximum atomic E-state index is 13.7. The number of likely N-dealkylation sites (N-methyl/N-ethyl adjacent to an activating group) is 1. The van der Waals surface area contributed by atoms with Gasteiger partial charge in [-0.15, -0.1) is 0 Å². The number of morpholine rings is 1. The fourth-order valence-corrected chi connectivity index (χ4v) is 2.89. The van der Waals surface area contributed by atoms with Crippen LogP contribution in [0.15, 0.2) is 18.2 Å². The summed E-state index contributed by atoms with van der Waals surface area (Å²) in [6, 6.07) is 3.48. The molecule has 1 amide bonds. The normalized spacial score (nSPS) is 16.2. The second-order valence-corrected chi connectivity index (χ2v) is 7.10. The Balaban J connectivity index is 1.78. The average Bonchev–Trinajstić information content (AvgIpc) is 2.56. The number of hydrogen-bond acceptors (Lipinski definition) is 4. The summed E-state index contributed by atoms with van der Waals surface area (Å²) in [6.07, 6.45) is 0. The number of halogens is 2. The lowest BCUT2D eigenvalue weighted by Crippen LogP contribution is -2.56. The number of nitrogens with one attached hydrogen (secondary N) is 1. The Hall–Kier alpha value is -1.57. The number of ether oxygens (including phenoxy) is 1. The molecule has 0 radical (unpaired) electrons. The molecule has 25 heavy (non-hydrogen) atoms. The van der Waals surface area contributed by atoms with Crippen LogP contribution in [0.5, 0.6) is 0 Å². The van der Waals surface area contributed by atoms with Crippen molar-refractivity contribution in [3.8, 4) is 0 Å². The number of rotatable bonds is 7. The van der Waals surface area contributed by atoms with Crippen LogP contribution in [-0.2, 0) is 16.1 Å². The van der Waals surface area contributed by atoms with Crippen LogP contribution in [0.4, 0.5) is 8.78 Å². The quantitative estimate of drug-likeness (QED) is 0.807. The zero-order chi connectivity index (χ0) is 18.4. The Morgan fingerprint density at radius 1 is 1.32 bits per heavy atom. The van der Waals surface area contributed by atoms with Crippen molar-refractivity contribution in [1.29, 1.82) is 0 Å². The standard InChI is InChI=1S/C18H27F2N3O2/c1-18(2,23-6-8-25-9-7-23)13-21-17(24)12-22(3)11-14-4-5-15(19)10-16(14)20/h4-5,10H,6-9,11-13H2,1-3H3,(H,21,24). The van der Waals surface area contributed by atoms with Gasteiger partial charge in [0, 0.05) is 43.3 Å². The third kappa shape index (κ3) is 6.02. The number of carbonyl (C=O) groups excluding carboxylic acids is 1. The maximum Gasteiger partial charge on any atom is 0.234 e. The van der Waals surface area contributed by atoms with Crippen LogP contribution in [-0.4, -0.2) is 67.7 Å². The van der Waals surface area contributed by atoms with Crippen molar-refractivity contribution in [1.82, 2.24) is 15.1 Å². The molecule has 0 atom stereocenters. The van der Waals surface area contributed by atoms with Crippen LogP contribution >= 0.6 is 0 Å². The zero-order valence-corrected chi connectivity index (χ0v) is 15.1. The fourth-order valence-electron chi connectivity index (χ4n) is 2.89. The van der Waals surface area contributed by atoms with E-state index in [1.165, 1.54) is 12.1 Å². The molecule has 1 heterocycles. The highest BCUT2D eigenvalue weighted by molar-refractivity contribution is 5.78. The van der Waals surface area contributed by atoms with Crippen LogP contribution in [0.3, 0.4) is 0 Å². The van der Waals surface area contributed by atoms with E-state index in [0.717, 1.165) is 19.2 Å². The number of benzene rings is 1. The van der Waals surface area contributed by atoms with Crippen LogP contribution < -0.4 is 5.32 Å². The molecule has 5 nitrogen and oxygen atoms in total. The van der Waals surface area contributed by atoms with Gasteiger partial charge in [-0.05, 0) is 27.0 Å². The summed E-state index contributed by atoms with van der Waals surface area (Å²) in [5.41, 5.74) is 0.214. The molecule has 0 bridgehead atoms. The van der Waals surface area contributed by atoms with E-state index in [2.05, 4.69) is 24.1 Å². The number of carbonyl (C=O) groups is 1. The van der Waals surface area contributed by atoms with Gasteiger partial charge in [-0.3, -0.25) is 14.6 Å². The molecule has 7 heteroatoms. The summed E-state index contributed by atoms with van der Waals surface area (Å²) >= 11 is 0. The molecule has 0 aromatic heterocycles. The van der Waals surface area contributed by atoms with Crippen LogP contribution in [0, 0.1) is 11.6 Å². The van der Waals surface area contributed by atoms with Crippen LogP contribution in [0.25, 0.3) is 0 Å². The molecule has 1 aromatic carbocycles. The molecule has 1 aliphatic heterocycles. The van der Waals surface area contributed by atoms with Crippen molar-refractivity contribution in [3.05, 3.63) is 35.4 Å². The molecular formula is C18H27F2N3O2. The Bertz CT molecular complexity index is 590. The van der Waals surface area contributed by atoms with Crippen LogP contribution in [0.2, 0.25) is 0 Å². The summed E-state index contributed by atoms with van der Waals surface area (Å²) in [7, 11) is 1.73. The van der Waals surface area contributed by atoms with Crippen molar-refractivity contribution in [2.24, 2.45) is 0 Å². The highest BCUT2D eigenvalue weighted by Gasteiger charge is 2.28. The summed E-state index contributed by atoms with van der Waals surface area (Å²) in [6.45, 7) is 8.24. The first-order valence-electron chi connectivity index (χ1n) is 8.50. The number of amides is 1. The highest BCUT2D eigenvalue weighted by atomic mass is 19.1. The van der Waals surface area contributed by atoms with Gasteiger partial charge in [-0.1, -0.05) is 6.07 Å². The second kappa shape index (κ2) is 8.69. The van der Waals surface area contributed by atoms with E-state index in [1.807, 2.05) is 0 Å². The van der Waals surface area contributed by atoms with E-state index in [0.29, 0.717) is 25.3 Å². The van der Waals surface area contributed by atoms with Gasteiger partial charge in [0.2, 0.25) is 5.91 Å². The SMILES string of the molecule is CN(CC(=O)NCC(C)(C)N1CCOCC1)Cc1ccc(F)cc1F. The first kappa shape index (κ1) is 19.8. The van der Waals surface area contributed by atoms with Gasteiger partial charge < -0.3 is 10.1 Å². The second-order valence-electron chi connectivity index (χ2n) is 7.10. The van der Waals surface area contributed by atoms with E-state index in [1.54, 1.807) is 11.9 Å². The Morgan fingerprint density at radius 3 is 2.64 bits per heavy atom. The Morgan fingerprint density at radius 2 is 2.00 bits per heavy atom. The molecule has 1 aromatic rings. The van der Waals surface area contributed by atoms with E-state index in [4.69, 9.17) is 4.74 Å². The summed E-state index contributed by atoms with van der Waals surface area (Å²) in [5, 5.41) is 2.94. The fraction of sp³-hybridized carbons (Fsp3) is 0.611. The lowest BCUT2D eigenvalue weighted by molar-refractivity contribution is -0.122. The van der Waals surface area contributed by atoms with Crippen molar-refractivity contribution >= 4 is 5.91 Å². The van der Waals surface area contributed by atoms with Crippen LogP contribution in [0.1, 0.15) is 19.4 Å². The maximum absolute atomic E-state index is 13.7. The van der Waals surface area contributed by atoms with E-state index < -0.39 is 11.6 Å². The monoisotopic (exact) mass is 355 g/mol. The number of hydrogen-bond donors (Lipinski definition) is 1. The molecule has 0 spiro atoms. The molecule has 0 saturated carbocycles. The first-order valence-corrected chi connectivity index (χ1v) is 8.50. The molecule has 2 rings (SSSR count). The van der Waals surface area contributed by atoms with E-state index in [9.17, 15) is 13.6 Å². The summed E-state index contributed by atoms with van der Waals surface area (Å²) in [4.78, 5) is 16.2. The largest absolute Gasteiger partial charge is 0.379 e. The van der Waals surface area contributed by atoms with Crippen molar-refractivity contribution in [2.75, 3.05) is 46.4 Å². The third-order valence-corrected chi connectivity index (χ3v) is 4.45. The molecule has 0 unspecified atom stereocenters. The predicted octanol–water partition coefficient (Wildman–Crippen LogP) is 1.62. The minimum Gasteiger partial charge on any atom is -0.379 e. The van der Waals surface area contributed by atoms with Gasteiger partial charge in [0.1, 0.15) is 11.6 Å². The molecule has 0 aliphatic carbocycles. The molecule has 1 N–H and O–H groups in total. The predicted molar refractivity (Wildman–Crippen MR) is 92.2 cm³/mol. The highest BCUT2D eigenvalue weighted by Crippen LogP contribution is 2.15. The van der Waals surface area contributed by atoms with Gasteiger partial charge in [0.05, 0.1) is 19.8 Å². The zero-order valence-electron chi connectivity index (χ0n) is 15.1. The number of nitrogens with zero attached hydrogens (tertiary/aromatic N) is 2. The molecule has 1 fully saturated rings. The lowest BCUT2D eigenvalue weighted by Gasteiger charge is -2.40. The van der Waals surface area contributed by atoms with E-state index in [-0.39, 0.29) is 24.5 Å². The minimum atomic E-state index is -0.605. The van der Waals surface area contributed by atoms with Gasteiger partial charge >= 0.3 is 0 Å². The van der Waals surface area contributed by atoms with Crippen molar-refractivity contribution in [2.45, 2.75) is 25.9 Å². The molecular weight excluding hydrogens is 328 g/mol. The van der Waals surface area contributed by atoms with Crippen molar-refractivity contribution < 1.29 is 18.3 Å². The van der Waals surface area contributed by atoms with Gasteiger partial charge in [0.25, 0.3) is 0 Å². The lowest BCUT2D eigenvalue weighted by atomic mass is 10.0. The molecule has 1 aliphatic rings. The summed E-state index contributed by atoms with van der Waals surface area (Å²) in [5.74, 6) is -1.32. The first-order chi connectivity index (χ1) is 11.8. The van der Waals surface area contributed by atoms with Gasteiger partial charge in [-0.2, -0.15) is 0 Å². The molecule has 140 valence electrons. The Labute approximate surface area is 147 Å². The van der Waals surface area contributed by atoms with Gasteiger partial charge in [-0.25, -0.2) is 8.78 Å². The smallest absolute Gasteiger partial charge is 0.234 e. The van der Waals surface area contributed by atoms with Crippen molar-refractivity contribution in [3.63, 3.8) is 0 Å². The van der Waals surface area contributed by atoms with E-state index >= 15 is 0 Å². The minimum absolute atomic E-state index is 0.119. The summed E-state index contributed by atoms with van der Waals surface area (Å²) < 4.78 is 32.0. The Kier molecular flexibility index (Phi) is 6.87. The third-order valence-electron chi connectivity index (χ3n) is 4.45. The topological polar surface area (TPSA) is 44.8 Å².